The fourth-order valence-electron chi connectivity index (χ4n) is 2.74. The van der Waals surface area contributed by atoms with Crippen LogP contribution in [-0.4, -0.2) is 20.4 Å². The summed E-state index contributed by atoms with van der Waals surface area (Å²) in [5.74, 6) is -0.356. The molecule has 1 aromatic carbocycles. The largest absolute Gasteiger partial charge is 0.311 e. The molecule has 0 saturated heterocycles. The van der Waals surface area contributed by atoms with Gasteiger partial charge >= 0.3 is 0 Å². The van der Waals surface area contributed by atoms with Crippen LogP contribution in [0.2, 0.25) is 0 Å². The number of fused-ring (bicyclic) bond motifs is 1. The molecule has 0 aliphatic carbocycles. The highest BCUT2D eigenvalue weighted by atomic mass is 32.1. The van der Waals surface area contributed by atoms with E-state index in [1.165, 1.54) is 22.0 Å². The highest BCUT2D eigenvalue weighted by Gasteiger charge is 2.15. The third kappa shape index (κ3) is 2.89. The number of thiazole rings is 1. The number of aromatic nitrogens is 3. The Morgan fingerprint density at radius 2 is 2.04 bits per heavy atom. The number of hydrogen-bond acceptors (Lipinski definition) is 5. The summed E-state index contributed by atoms with van der Waals surface area (Å²) in [7, 11) is 1.69. The molecule has 1 N–H and O–H groups in total. The van der Waals surface area contributed by atoms with Crippen LogP contribution in [0.4, 0.5) is 5.13 Å². The van der Waals surface area contributed by atoms with E-state index in [0.29, 0.717) is 16.2 Å². The van der Waals surface area contributed by atoms with Gasteiger partial charge in [-0.25, -0.2) is 4.98 Å². The minimum atomic E-state index is -0.356. The summed E-state index contributed by atoms with van der Waals surface area (Å²) in [4.78, 5) is 33.4. The first kappa shape index (κ1) is 16.2. The summed E-state index contributed by atoms with van der Waals surface area (Å²) in [5.41, 5.74) is 2.43. The van der Waals surface area contributed by atoms with Crippen molar-refractivity contribution in [3.63, 3.8) is 0 Å². The molecular weight excluding hydrogens is 348 g/mol. The first-order valence-electron chi connectivity index (χ1n) is 7.89. The van der Waals surface area contributed by atoms with E-state index < -0.39 is 0 Å². The Morgan fingerprint density at radius 1 is 1.19 bits per heavy atom. The third-order valence-electron chi connectivity index (χ3n) is 4.08. The van der Waals surface area contributed by atoms with Crippen LogP contribution < -0.4 is 10.9 Å². The fraction of sp³-hybridized carbons (Fsp3) is 0.0526. The van der Waals surface area contributed by atoms with Crippen LogP contribution in [0, 0.1) is 0 Å². The number of rotatable bonds is 3. The molecule has 3 aromatic heterocycles. The molecule has 7 heteroatoms. The zero-order valence-corrected chi connectivity index (χ0v) is 14.7. The molecule has 128 valence electrons. The van der Waals surface area contributed by atoms with E-state index in [0.717, 1.165) is 16.6 Å². The van der Waals surface area contributed by atoms with Gasteiger partial charge in [-0.05, 0) is 18.2 Å². The Kier molecular flexibility index (Phi) is 4.06. The minimum Gasteiger partial charge on any atom is -0.311 e. The van der Waals surface area contributed by atoms with Gasteiger partial charge in [-0.15, -0.1) is 11.3 Å². The maximum Gasteiger partial charge on any atom is 0.258 e. The molecule has 4 rings (SSSR count). The van der Waals surface area contributed by atoms with Gasteiger partial charge in [-0.1, -0.05) is 18.2 Å². The van der Waals surface area contributed by atoms with Gasteiger partial charge in [0.05, 0.1) is 16.8 Å². The van der Waals surface area contributed by atoms with E-state index in [9.17, 15) is 9.59 Å². The normalized spacial score (nSPS) is 10.8. The standard InChI is InChI=1S/C19H14N4O2S/c1-23-16-7-3-2-6-13(16)14(9-17(23)24)18(25)22-19-21-15(11-26-19)12-5-4-8-20-10-12/h2-11H,1H3,(H,21,22,25). The lowest BCUT2D eigenvalue weighted by Crippen LogP contribution is -2.21. The highest BCUT2D eigenvalue weighted by molar-refractivity contribution is 7.14. The summed E-state index contributed by atoms with van der Waals surface area (Å²) < 4.78 is 1.52. The first-order valence-corrected chi connectivity index (χ1v) is 8.77. The molecule has 26 heavy (non-hydrogen) atoms. The molecule has 0 fully saturated rings. The van der Waals surface area contributed by atoms with Crippen LogP contribution in [0.15, 0.2) is 65.0 Å². The maximum atomic E-state index is 12.7. The molecule has 4 aromatic rings. The summed E-state index contributed by atoms with van der Waals surface area (Å²) >= 11 is 1.33. The molecule has 0 bridgehead atoms. The average Bonchev–Trinajstić information content (AvgIpc) is 3.14. The molecule has 0 atom stereocenters. The van der Waals surface area contributed by atoms with Gasteiger partial charge in [0.1, 0.15) is 0 Å². The predicted octanol–water partition coefficient (Wildman–Crippen LogP) is 3.31. The van der Waals surface area contributed by atoms with Crippen molar-refractivity contribution in [1.82, 2.24) is 14.5 Å². The van der Waals surface area contributed by atoms with E-state index in [-0.39, 0.29) is 11.5 Å². The summed E-state index contributed by atoms with van der Waals surface area (Å²) in [6.45, 7) is 0. The van der Waals surface area contributed by atoms with Gasteiger partial charge in [-0.3, -0.25) is 19.9 Å². The second-order valence-corrected chi connectivity index (χ2v) is 6.56. The number of para-hydroxylation sites is 1. The van der Waals surface area contributed by atoms with Gasteiger partial charge in [0.15, 0.2) is 5.13 Å². The lowest BCUT2D eigenvalue weighted by molar-refractivity contribution is 0.102. The van der Waals surface area contributed by atoms with E-state index >= 15 is 0 Å². The van der Waals surface area contributed by atoms with Gasteiger partial charge in [0.2, 0.25) is 0 Å². The lowest BCUT2D eigenvalue weighted by Gasteiger charge is -2.09. The van der Waals surface area contributed by atoms with Crippen LogP contribution in [0.1, 0.15) is 10.4 Å². The van der Waals surface area contributed by atoms with E-state index in [2.05, 4.69) is 15.3 Å². The van der Waals surface area contributed by atoms with E-state index in [4.69, 9.17) is 0 Å². The smallest absolute Gasteiger partial charge is 0.258 e. The van der Waals surface area contributed by atoms with E-state index in [1.54, 1.807) is 19.4 Å². The number of nitrogens with one attached hydrogen (secondary N) is 1. The van der Waals surface area contributed by atoms with Crippen molar-refractivity contribution in [1.29, 1.82) is 0 Å². The number of hydrogen-bond donors (Lipinski definition) is 1. The molecule has 6 nitrogen and oxygen atoms in total. The number of aryl methyl sites for hydroxylation is 1. The Labute approximate surface area is 152 Å². The van der Waals surface area contributed by atoms with Crippen molar-refractivity contribution in [3.8, 4) is 11.3 Å². The highest BCUT2D eigenvalue weighted by Crippen LogP contribution is 2.25. The van der Waals surface area contributed by atoms with Gasteiger partial charge in [-0.2, -0.15) is 0 Å². The molecule has 0 saturated carbocycles. The van der Waals surface area contributed by atoms with Crippen molar-refractivity contribution >= 4 is 33.3 Å². The summed E-state index contributed by atoms with van der Waals surface area (Å²) in [6.07, 6.45) is 3.41. The Hall–Kier alpha value is -3.32. The number of carbonyl (C=O) groups is 1. The Morgan fingerprint density at radius 3 is 2.85 bits per heavy atom. The second kappa shape index (κ2) is 6.53. The SMILES string of the molecule is Cn1c(=O)cc(C(=O)Nc2nc(-c3cccnc3)cs2)c2ccccc21. The predicted molar refractivity (Wildman–Crippen MR) is 102 cm³/mol. The van der Waals surface area contributed by atoms with Crippen molar-refractivity contribution in [2.24, 2.45) is 7.05 Å². The Bertz CT molecular complexity index is 1170. The number of carbonyl (C=O) groups excluding carboxylic acids is 1. The van der Waals surface area contributed by atoms with Crippen molar-refractivity contribution < 1.29 is 4.79 Å². The minimum absolute atomic E-state index is 0.232. The molecule has 0 unspecified atom stereocenters. The Balaban J connectivity index is 1.68. The van der Waals surface area contributed by atoms with Crippen LogP contribution >= 0.6 is 11.3 Å². The van der Waals surface area contributed by atoms with Gasteiger partial charge < -0.3 is 4.57 Å². The molecule has 0 radical (unpaired) electrons. The number of amides is 1. The monoisotopic (exact) mass is 362 g/mol. The summed E-state index contributed by atoms with van der Waals surface area (Å²) in [5, 5.41) is 5.83. The molecule has 3 heterocycles. The zero-order chi connectivity index (χ0) is 18.1. The lowest BCUT2D eigenvalue weighted by atomic mass is 10.1. The van der Waals surface area contributed by atoms with Crippen LogP contribution in [-0.2, 0) is 7.05 Å². The zero-order valence-electron chi connectivity index (χ0n) is 13.8. The van der Waals surface area contributed by atoms with Crippen LogP contribution in [0.3, 0.4) is 0 Å². The van der Waals surface area contributed by atoms with Crippen LogP contribution in [0.5, 0.6) is 0 Å². The van der Waals surface area contributed by atoms with Crippen molar-refractivity contribution in [2.45, 2.75) is 0 Å². The quantitative estimate of drug-likeness (QED) is 0.607. The van der Waals surface area contributed by atoms with Crippen molar-refractivity contribution in [3.05, 3.63) is 76.2 Å². The summed E-state index contributed by atoms with van der Waals surface area (Å²) in [6, 6.07) is 12.4. The van der Waals surface area contributed by atoms with Gasteiger partial charge in [0.25, 0.3) is 11.5 Å². The molecule has 0 aliphatic heterocycles. The second-order valence-electron chi connectivity index (χ2n) is 5.71. The molecule has 0 aliphatic rings. The van der Waals surface area contributed by atoms with Gasteiger partial charge in [0, 0.05) is 41.8 Å². The number of benzene rings is 1. The number of nitrogens with zero attached hydrogens (tertiary/aromatic N) is 3. The number of pyridine rings is 2. The molecule has 1 amide bonds. The molecule has 0 spiro atoms. The third-order valence-corrected chi connectivity index (χ3v) is 4.84. The topological polar surface area (TPSA) is 76.9 Å². The van der Waals surface area contributed by atoms with Crippen molar-refractivity contribution in [2.75, 3.05) is 5.32 Å². The maximum absolute atomic E-state index is 12.7. The van der Waals surface area contributed by atoms with Crippen LogP contribution in [0.25, 0.3) is 22.2 Å². The average molecular weight is 362 g/mol. The first-order chi connectivity index (χ1) is 12.6. The number of anilines is 1. The van der Waals surface area contributed by atoms with E-state index in [1.807, 2.05) is 41.8 Å². The molecular formula is C19H14N4O2S. The fourth-order valence-corrected chi connectivity index (χ4v) is 3.46.